The second-order valence-corrected chi connectivity index (χ2v) is 11.8. The van der Waals surface area contributed by atoms with Crippen molar-refractivity contribution >= 4 is 43.4 Å². The van der Waals surface area contributed by atoms with Gasteiger partial charge in [0, 0.05) is 42.2 Å². The Kier molecular flexibility index (Phi) is 6.01. The van der Waals surface area contributed by atoms with Crippen molar-refractivity contribution in [2.24, 2.45) is 0 Å². The highest BCUT2D eigenvalue weighted by Crippen LogP contribution is 2.41. The van der Waals surface area contributed by atoms with Crippen molar-refractivity contribution in [3.63, 3.8) is 0 Å². The first-order chi connectivity index (χ1) is 18.9. The van der Waals surface area contributed by atoms with Gasteiger partial charge in [-0.05, 0) is 57.5 Å². The number of halogens is 3. The zero-order valence-electron chi connectivity index (χ0n) is 21.4. The van der Waals surface area contributed by atoms with Gasteiger partial charge >= 0.3 is 6.01 Å². The summed E-state index contributed by atoms with van der Waals surface area (Å²) in [5.41, 5.74) is 5.68. The Morgan fingerprint density at radius 3 is 2.59 bits per heavy atom. The molecular weight excluding hydrogens is 527 g/mol. The van der Waals surface area contributed by atoms with Crippen molar-refractivity contribution in [2.75, 3.05) is 43.9 Å². The zero-order valence-corrected chi connectivity index (χ0v) is 22.2. The van der Waals surface area contributed by atoms with Crippen molar-refractivity contribution in [1.29, 1.82) is 0 Å². The van der Waals surface area contributed by atoms with Crippen LogP contribution in [0.2, 0.25) is 0 Å². The summed E-state index contributed by atoms with van der Waals surface area (Å²) in [4.78, 5) is 17.6. The number of nitrogens with one attached hydrogen (secondary N) is 1. The Bertz CT molecular complexity index is 1590. The van der Waals surface area contributed by atoms with Crippen LogP contribution in [0.5, 0.6) is 6.01 Å². The van der Waals surface area contributed by atoms with Gasteiger partial charge in [-0.2, -0.15) is 9.97 Å². The third kappa shape index (κ3) is 4.25. The molecule has 204 valence electrons. The predicted molar refractivity (Wildman–Crippen MR) is 146 cm³/mol. The largest absolute Gasteiger partial charge is 0.462 e. The maximum atomic E-state index is 16.4. The topological polar surface area (TPSA) is 92.4 Å². The van der Waals surface area contributed by atoms with Gasteiger partial charge in [-0.1, -0.05) is 11.3 Å². The van der Waals surface area contributed by atoms with Gasteiger partial charge in [-0.25, -0.2) is 18.2 Å². The van der Waals surface area contributed by atoms with Crippen LogP contribution >= 0.6 is 11.3 Å². The number of anilines is 2. The Morgan fingerprint density at radius 2 is 1.85 bits per heavy atom. The van der Waals surface area contributed by atoms with E-state index in [0.29, 0.717) is 37.6 Å². The molecule has 5 heterocycles. The molecule has 3 fully saturated rings. The highest BCUT2D eigenvalue weighted by atomic mass is 32.1. The molecule has 2 aromatic heterocycles. The number of thiazole rings is 1. The molecule has 3 N–H and O–H groups in total. The van der Waals surface area contributed by atoms with Crippen LogP contribution < -0.4 is 20.7 Å². The molecule has 2 unspecified atom stereocenters. The standard InChI is InChI=1S/C27H28F3N7OS/c1-36-8-2-3-15(36)12-38-27-34-22-17(25(35-27)37-10-13-4-5-14(11-37)32-13)9-19(29)20(21(22)30)16-6-7-18(28)24-23(16)33-26(31)39-24/h6-7,9,13-15,32H,2-5,8,10-12H2,1H3,(H2,31,33)/t13?,14?,15-/m0/s1. The monoisotopic (exact) mass is 555 g/mol. The Labute approximate surface area is 227 Å². The minimum atomic E-state index is -0.867. The first-order valence-corrected chi connectivity index (χ1v) is 14.1. The number of aromatic nitrogens is 3. The highest BCUT2D eigenvalue weighted by molar-refractivity contribution is 7.22. The zero-order chi connectivity index (χ0) is 26.8. The molecule has 39 heavy (non-hydrogen) atoms. The molecule has 4 aromatic rings. The van der Waals surface area contributed by atoms with E-state index in [0.717, 1.165) is 43.6 Å². The number of likely N-dealkylation sites (N-methyl/N-ethyl adjacent to an activating group) is 1. The lowest BCUT2D eigenvalue weighted by Gasteiger charge is -2.34. The fourth-order valence-corrected chi connectivity index (χ4v) is 7.00. The fourth-order valence-electron chi connectivity index (χ4n) is 6.24. The van der Waals surface area contributed by atoms with Crippen LogP contribution in [0.15, 0.2) is 18.2 Å². The average Bonchev–Trinajstić information content (AvgIpc) is 3.61. The van der Waals surface area contributed by atoms with Crippen molar-refractivity contribution in [3.8, 4) is 17.1 Å². The van der Waals surface area contributed by atoms with E-state index in [1.54, 1.807) is 0 Å². The number of hydrogen-bond acceptors (Lipinski definition) is 9. The SMILES string of the molecule is CN1CCC[C@H]1COc1nc(N2CC3CCC(C2)N3)c2cc(F)c(-c3ccc(F)c4sc(N)nc34)c(F)c2n1. The van der Waals surface area contributed by atoms with Gasteiger partial charge in [0.1, 0.15) is 29.6 Å². The van der Waals surface area contributed by atoms with Crippen LogP contribution in [0.4, 0.5) is 24.1 Å². The molecule has 0 spiro atoms. The smallest absolute Gasteiger partial charge is 0.319 e. The molecule has 3 atom stereocenters. The maximum absolute atomic E-state index is 16.4. The molecule has 0 amide bonds. The minimum Gasteiger partial charge on any atom is -0.462 e. The summed E-state index contributed by atoms with van der Waals surface area (Å²) in [5, 5.41) is 3.97. The molecule has 0 radical (unpaired) electrons. The molecule has 12 heteroatoms. The van der Waals surface area contributed by atoms with E-state index in [2.05, 4.69) is 25.1 Å². The van der Waals surface area contributed by atoms with Crippen molar-refractivity contribution < 1.29 is 17.9 Å². The van der Waals surface area contributed by atoms with Crippen LogP contribution in [0.25, 0.3) is 32.2 Å². The molecule has 3 aliphatic heterocycles. The molecular formula is C27H28F3N7OS. The first-order valence-electron chi connectivity index (χ1n) is 13.2. The highest BCUT2D eigenvalue weighted by Gasteiger charge is 2.35. The van der Waals surface area contributed by atoms with Gasteiger partial charge in [0.25, 0.3) is 0 Å². The van der Waals surface area contributed by atoms with Crippen molar-refractivity contribution in [3.05, 3.63) is 35.7 Å². The molecule has 3 saturated heterocycles. The van der Waals surface area contributed by atoms with Gasteiger partial charge in [0.2, 0.25) is 0 Å². The van der Waals surface area contributed by atoms with E-state index in [4.69, 9.17) is 15.5 Å². The summed E-state index contributed by atoms with van der Waals surface area (Å²) in [6, 6.07) is 4.64. The molecule has 8 nitrogen and oxygen atoms in total. The molecule has 0 aliphatic carbocycles. The quantitative estimate of drug-likeness (QED) is 0.376. The second kappa shape index (κ2) is 9.46. The molecule has 3 aliphatic rings. The number of nitrogens with zero attached hydrogens (tertiary/aromatic N) is 5. The van der Waals surface area contributed by atoms with Gasteiger partial charge in [0.15, 0.2) is 10.9 Å². The van der Waals surface area contributed by atoms with E-state index < -0.39 is 17.5 Å². The number of benzene rings is 2. The fraction of sp³-hybridized carbons (Fsp3) is 0.444. The molecule has 7 rings (SSSR count). The Morgan fingerprint density at radius 1 is 1.05 bits per heavy atom. The lowest BCUT2D eigenvalue weighted by atomic mass is 10.0. The average molecular weight is 556 g/mol. The third-order valence-corrected chi connectivity index (χ3v) is 9.11. The summed E-state index contributed by atoms with van der Waals surface area (Å²) < 4.78 is 52.8. The lowest BCUT2D eigenvalue weighted by Crippen LogP contribution is -2.51. The van der Waals surface area contributed by atoms with Gasteiger partial charge in [0.05, 0.1) is 15.8 Å². The second-order valence-electron chi connectivity index (χ2n) is 10.7. The Balaban J connectivity index is 1.38. The molecule has 2 bridgehead atoms. The number of likely N-dealkylation sites (tertiary alicyclic amines) is 1. The number of hydrogen-bond donors (Lipinski definition) is 2. The number of nitrogen functional groups attached to an aromatic ring is 1. The van der Waals surface area contributed by atoms with E-state index in [1.807, 2.05) is 7.05 Å². The lowest BCUT2D eigenvalue weighted by molar-refractivity contribution is 0.188. The van der Waals surface area contributed by atoms with Gasteiger partial charge in [-0.3, -0.25) is 0 Å². The van der Waals surface area contributed by atoms with Crippen molar-refractivity contribution in [2.45, 2.75) is 43.8 Å². The van der Waals surface area contributed by atoms with Crippen LogP contribution in [-0.4, -0.2) is 71.3 Å². The summed E-state index contributed by atoms with van der Waals surface area (Å²) in [5.74, 6) is -1.76. The van der Waals surface area contributed by atoms with Crippen LogP contribution in [-0.2, 0) is 0 Å². The van der Waals surface area contributed by atoms with E-state index in [1.165, 1.54) is 18.2 Å². The normalized spacial score (nSPS) is 23.4. The number of fused-ring (bicyclic) bond motifs is 4. The minimum absolute atomic E-state index is 0.0438. The van der Waals surface area contributed by atoms with Gasteiger partial charge < -0.3 is 25.6 Å². The Hall–Kier alpha value is -3.22. The number of piperazine rings is 1. The summed E-state index contributed by atoms with van der Waals surface area (Å²) in [7, 11) is 2.05. The number of rotatable bonds is 5. The number of ether oxygens (including phenoxy) is 1. The van der Waals surface area contributed by atoms with Crippen LogP contribution in [0.3, 0.4) is 0 Å². The van der Waals surface area contributed by atoms with Crippen LogP contribution in [0, 0.1) is 17.5 Å². The summed E-state index contributed by atoms with van der Waals surface area (Å²) in [6.45, 7) is 2.72. The maximum Gasteiger partial charge on any atom is 0.319 e. The van der Waals surface area contributed by atoms with Crippen molar-refractivity contribution in [1.82, 2.24) is 25.2 Å². The third-order valence-electron chi connectivity index (χ3n) is 8.22. The predicted octanol–water partition coefficient (Wildman–Crippen LogP) is 4.32. The summed E-state index contributed by atoms with van der Waals surface area (Å²) in [6.07, 6.45) is 4.18. The van der Waals surface area contributed by atoms with E-state index in [-0.39, 0.29) is 49.4 Å². The van der Waals surface area contributed by atoms with E-state index in [9.17, 15) is 4.39 Å². The molecule has 2 aromatic carbocycles. The van der Waals surface area contributed by atoms with E-state index >= 15 is 8.78 Å². The van der Waals surface area contributed by atoms with Crippen LogP contribution in [0.1, 0.15) is 25.7 Å². The first kappa shape index (κ1) is 24.8. The summed E-state index contributed by atoms with van der Waals surface area (Å²) >= 11 is 0.936. The number of nitrogens with two attached hydrogens (primary N) is 1. The van der Waals surface area contributed by atoms with Gasteiger partial charge in [-0.15, -0.1) is 0 Å². The molecule has 0 saturated carbocycles.